The van der Waals surface area contributed by atoms with Gasteiger partial charge in [0, 0.05) is 17.8 Å². The van der Waals surface area contributed by atoms with E-state index in [9.17, 15) is 13.6 Å². The minimum atomic E-state index is -1.03. The maximum Gasteiger partial charge on any atom is 0.248 e. The summed E-state index contributed by atoms with van der Waals surface area (Å²) >= 11 is 11.6. The molecule has 1 N–H and O–H groups in total. The Morgan fingerprint density at radius 1 is 1.00 bits per heavy atom. The molecule has 0 saturated heterocycles. The van der Waals surface area contributed by atoms with Crippen molar-refractivity contribution < 1.29 is 13.6 Å². The van der Waals surface area contributed by atoms with Crippen LogP contribution in [0, 0.1) is 11.6 Å². The predicted octanol–water partition coefficient (Wildman–Crippen LogP) is 4.92. The van der Waals surface area contributed by atoms with Gasteiger partial charge >= 0.3 is 0 Å². The first-order valence-corrected chi connectivity index (χ1v) is 6.60. The molecule has 0 fully saturated rings. The number of anilines is 1. The summed E-state index contributed by atoms with van der Waals surface area (Å²) in [6.07, 6.45) is 2.78. The normalized spacial score (nSPS) is 10.9. The Morgan fingerprint density at radius 2 is 1.76 bits per heavy atom. The third-order valence-corrected chi connectivity index (χ3v) is 3.30. The van der Waals surface area contributed by atoms with Crippen LogP contribution in [0.25, 0.3) is 6.08 Å². The first-order chi connectivity index (χ1) is 9.95. The number of halogens is 4. The highest BCUT2D eigenvalue weighted by Crippen LogP contribution is 2.23. The second kappa shape index (κ2) is 6.70. The van der Waals surface area contributed by atoms with Gasteiger partial charge in [-0.15, -0.1) is 0 Å². The van der Waals surface area contributed by atoms with Crippen molar-refractivity contribution in [2.45, 2.75) is 0 Å². The molecule has 0 atom stereocenters. The fourth-order valence-corrected chi connectivity index (χ4v) is 1.85. The van der Waals surface area contributed by atoms with Crippen molar-refractivity contribution in [1.82, 2.24) is 0 Å². The molecule has 0 heterocycles. The van der Waals surface area contributed by atoms with E-state index in [0.29, 0.717) is 15.6 Å². The molecule has 0 aliphatic rings. The highest BCUT2D eigenvalue weighted by atomic mass is 35.5. The zero-order chi connectivity index (χ0) is 15.4. The van der Waals surface area contributed by atoms with Crippen LogP contribution < -0.4 is 5.32 Å². The van der Waals surface area contributed by atoms with Crippen molar-refractivity contribution in [3.8, 4) is 0 Å². The largest absolute Gasteiger partial charge is 0.322 e. The Morgan fingerprint density at radius 3 is 2.43 bits per heavy atom. The van der Waals surface area contributed by atoms with Crippen molar-refractivity contribution in [3.63, 3.8) is 0 Å². The lowest BCUT2D eigenvalue weighted by Gasteiger charge is -2.02. The zero-order valence-corrected chi connectivity index (χ0v) is 12.1. The minimum absolute atomic E-state index is 0.165. The van der Waals surface area contributed by atoms with Gasteiger partial charge in [-0.3, -0.25) is 4.79 Å². The standard InChI is InChI=1S/C15H9Cl2F2NO/c16-11-4-1-9(7-12(11)17)2-6-15(21)20-10-3-5-13(18)14(19)8-10/h1-8H,(H,20,21). The lowest BCUT2D eigenvalue weighted by molar-refractivity contribution is -0.111. The second-order valence-corrected chi connectivity index (χ2v) is 4.94. The van der Waals surface area contributed by atoms with Crippen LogP contribution in [0.1, 0.15) is 5.56 Å². The quantitative estimate of drug-likeness (QED) is 0.796. The Kier molecular flexibility index (Phi) is 4.94. The molecule has 2 nitrogen and oxygen atoms in total. The van der Waals surface area contributed by atoms with E-state index in [1.807, 2.05) is 0 Å². The van der Waals surface area contributed by atoms with Gasteiger partial charge in [0.25, 0.3) is 0 Å². The van der Waals surface area contributed by atoms with E-state index < -0.39 is 17.5 Å². The Labute approximate surface area is 130 Å². The average Bonchev–Trinajstić information content (AvgIpc) is 2.44. The van der Waals surface area contributed by atoms with Gasteiger partial charge in [-0.25, -0.2) is 8.78 Å². The van der Waals surface area contributed by atoms with Crippen LogP contribution in [0.4, 0.5) is 14.5 Å². The van der Waals surface area contributed by atoms with E-state index >= 15 is 0 Å². The van der Waals surface area contributed by atoms with E-state index in [1.165, 1.54) is 18.2 Å². The topological polar surface area (TPSA) is 29.1 Å². The average molecular weight is 328 g/mol. The SMILES string of the molecule is O=C(C=Cc1ccc(Cl)c(Cl)c1)Nc1ccc(F)c(F)c1. The van der Waals surface area contributed by atoms with Crippen LogP contribution in [-0.2, 0) is 4.79 Å². The summed E-state index contributed by atoms with van der Waals surface area (Å²) in [5.41, 5.74) is 0.850. The van der Waals surface area contributed by atoms with Gasteiger partial charge in [-0.1, -0.05) is 29.3 Å². The number of hydrogen-bond donors (Lipinski definition) is 1. The van der Waals surface area contributed by atoms with Gasteiger partial charge in [0.15, 0.2) is 11.6 Å². The summed E-state index contributed by atoms with van der Waals surface area (Å²) in [5, 5.41) is 3.21. The molecule has 0 aromatic heterocycles. The number of hydrogen-bond acceptors (Lipinski definition) is 1. The Hall–Kier alpha value is -1.91. The van der Waals surface area contributed by atoms with Gasteiger partial charge in [0.05, 0.1) is 10.0 Å². The summed E-state index contributed by atoms with van der Waals surface area (Å²) < 4.78 is 25.7. The Balaban J connectivity index is 2.05. The molecular formula is C15H9Cl2F2NO. The molecule has 0 unspecified atom stereocenters. The van der Waals surface area contributed by atoms with Crippen molar-refractivity contribution in [2.75, 3.05) is 5.32 Å². The van der Waals surface area contributed by atoms with Gasteiger partial charge in [0.1, 0.15) is 0 Å². The summed E-state index contributed by atoms with van der Waals surface area (Å²) in [6, 6.07) is 8.01. The molecule has 1 amide bonds. The molecule has 0 saturated carbocycles. The minimum Gasteiger partial charge on any atom is -0.322 e. The lowest BCUT2D eigenvalue weighted by Crippen LogP contribution is -2.08. The number of amides is 1. The third-order valence-electron chi connectivity index (χ3n) is 2.56. The van der Waals surface area contributed by atoms with Crippen molar-refractivity contribution >= 4 is 40.9 Å². The lowest BCUT2D eigenvalue weighted by atomic mass is 10.2. The van der Waals surface area contributed by atoms with Crippen LogP contribution in [-0.4, -0.2) is 5.91 Å². The van der Waals surface area contributed by atoms with Crippen LogP contribution >= 0.6 is 23.2 Å². The zero-order valence-electron chi connectivity index (χ0n) is 10.5. The maximum atomic E-state index is 13.0. The van der Waals surface area contributed by atoms with E-state index in [2.05, 4.69) is 5.32 Å². The van der Waals surface area contributed by atoms with Crippen LogP contribution in [0.5, 0.6) is 0 Å². The molecule has 108 valence electrons. The third kappa shape index (κ3) is 4.28. The Bertz CT molecular complexity index is 717. The molecule has 2 aromatic carbocycles. The maximum absolute atomic E-state index is 13.0. The predicted molar refractivity (Wildman–Crippen MR) is 80.5 cm³/mol. The molecule has 6 heteroatoms. The smallest absolute Gasteiger partial charge is 0.248 e. The fraction of sp³-hybridized carbons (Fsp3) is 0. The van der Waals surface area contributed by atoms with Gasteiger partial charge in [0.2, 0.25) is 5.91 Å². The van der Waals surface area contributed by atoms with E-state index in [0.717, 1.165) is 12.1 Å². The number of benzene rings is 2. The molecule has 21 heavy (non-hydrogen) atoms. The molecule has 2 rings (SSSR count). The molecule has 0 aliphatic heterocycles. The van der Waals surface area contributed by atoms with Crippen molar-refractivity contribution in [1.29, 1.82) is 0 Å². The molecule has 0 bridgehead atoms. The monoisotopic (exact) mass is 327 g/mol. The van der Waals surface area contributed by atoms with Crippen LogP contribution in [0.2, 0.25) is 10.0 Å². The molecule has 0 spiro atoms. The van der Waals surface area contributed by atoms with Gasteiger partial charge < -0.3 is 5.32 Å². The summed E-state index contributed by atoms with van der Waals surface area (Å²) in [7, 11) is 0. The number of rotatable bonds is 3. The van der Waals surface area contributed by atoms with Gasteiger partial charge in [-0.2, -0.15) is 0 Å². The number of carbonyl (C=O) groups excluding carboxylic acids is 1. The molecular weight excluding hydrogens is 319 g/mol. The molecule has 0 aliphatic carbocycles. The first kappa shape index (κ1) is 15.5. The van der Waals surface area contributed by atoms with Crippen molar-refractivity contribution in [2.24, 2.45) is 0 Å². The number of nitrogens with one attached hydrogen (secondary N) is 1. The van der Waals surface area contributed by atoms with Crippen molar-refractivity contribution in [3.05, 3.63) is 69.7 Å². The van der Waals surface area contributed by atoms with E-state index in [1.54, 1.807) is 18.2 Å². The summed E-state index contributed by atoms with van der Waals surface area (Å²) in [5.74, 6) is -2.48. The number of carbonyl (C=O) groups is 1. The van der Waals surface area contributed by atoms with Crippen LogP contribution in [0.15, 0.2) is 42.5 Å². The highest BCUT2D eigenvalue weighted by Gasteiger charge is 2.04. The first-order valence-electron chi connectivity index (χ1n) is 5.85. The summed E-state index contributed by atoms with van der Waals surface area (Å²) in [6.45, 7) is 0. The van der Waals surface area contributed by atoms with E-state index in [4.69, 9.17) is 23.2 Å². The molecule has 2 aromatic rings. The molecule has 0 radical (unpaired) electrons. The van der Waals surface area contributed by atoms with E-state index in [-0.39, 0.29) is 5.69 Å². The second-order valence-electron chi connectivity index (χ2n) is 4.13. The highest BCUT2D eigenvalue weighted by molar-refractivity contribution is 6.42. The fourth-order valence-electron chi connectivity index (χ4n) is 1.55. The summed E-state index contributed by atoms with van der Waals surface area (Å²) in [4.78, 5) is 11.7. The van der Waals surface area contributed by atoms with Crippen LogP contribution in [0.3, 0.4) is 0 Å². The van der Waals surface area contributed by atoms with Gasteiger partial charge in [-0.05, 0) is 35.9 Å².